The fourth-order valence-electron chi connectivity index (χ4n) is 2.34. The van der Waals surface area contributed by atoms with Gasteiger partial charge in [0.1, 0.15) is 0 Å². The lowest BCUT2D eigenvalue weighted by molar-refractivity contribution is 0.0874. The van der Waals surface area contributed by atoms with Crippen LogP contribution >= 0.6 is 23.6 Å². The fraction of sp³-hybridized carbons (Fsp3) is 0.538. The minimum absolute atomic E-state index is 0.110. The van der Waals surface area contributed by atoms with Crippen molar-refractivity contribution in [1.29, 1.82) is 0 Å². The molecule has 1 aromatic rings. The van der Waals surface area contributed by atoms with E-state index >= 15 is 0 Å². The van der Waals surface area contributed by atoms with Crippen LogP contribution in [0.25, 0.3) is 0 Å². The monoisotopic (exact) mass is 297 g/mol. The van der Waals surface area contributed by atoms with Gasteiger partial charge in [-0.3, -0.25) is 15.2 Å². The summed E-state index contributed by atoms with van der Waals surface area (Å²) >= 11 is 6.58. The first-order valence-electron chi connectivity index (χ1n) is 6.50. The molecule has 0 spiro atoms. The summed E-state index contributed by atoms with van der Waals surface area (Å²) in [6.45, 7) is 4.71. The van der Waals surface area contributed by atoms with Gasteiger partial charge in [0.2, 0.25) is 0 Å². The predicted molar refractivity (Wildman–Crippen MR) is 82.1 cm³/mol. The second-order valence-electron chi connectivity index (χ2n) is 4.92. The van der Waals surface area contributed by atoms with Crippen LogP contribution in [0.5, 0.6) is 0 Å². The predicted octanol–water partition coefficient (Wildman–Crippen LogP) is 2.08. The molecule has 4 nitrogen and oxygen atoms in total. The van der Waals surface area contributed by atoms with Gasteiger partial charge >= 0.3 is 0 Å². The van der Waals surface area contributed by atoms with Crippen LogP contribution in [-0.2, 0) is 12.8 Å². The Balaban J connectivity index is 2.14. The third-order valence-electron chi connectivity index (χ3n) is 3.47. The Kier molecular flexibility index (Phi) is 4.42. The summed E-state index contributed by atoms with van der Waals surface area (Å²) in [5.41, 5.74) is 10.3. The highest BCUT2D eigenvalue weighted by molar-refractivity contribution is 7.80. The van der Waals surface area contributed by atoms with Crippen LogP contribution in [0.3, 0.4) is 0 Å². The molecule has 3 N–H and O–H groups in total. The quantitative estimate of drug-likeness (QED) is 0.648. The zero-order valence-electron chi connectivity index (χ0n) is 11.2. The molecule has 0 fully saturated rings. The minimum atomic E-state index is -0.110. The number of carbonyl (C=O) groups excluding carboxylic acids is 1. The van der Waals surface area contributed by atoms with E-state index in [2.05, 4.69) is 12.3 Å². The largest absolute Gasteiger partial charge is 0.375 e. The third kappa shape index (κ3) is 3.06. The van der Waals surface area contributed by atoms with Crippen LogP contribution in [0.2, 0.25) is 0 Å². The summed E-state index contributed by atoms with van der Waals surface area (Å²) in [7, 11) is 0. The molecule has 0 bridgehead atoms. The van der Waals surface area contributed by atoms with Crippen LogP contribution < -0.4 is 11.2 Å². The van der Waals surface area contributed by atoms with Crippen molar-refractivity contribution >= 4 is 34.6 Å². The standard InChI is InChI=1S/C13H19N3OS2/c1-3-16(13(14)18)15-12(17)10-7-19-11-6-8(2)4-5-9(10)11/h7-8H,3-6H2,1-2H3,(H2,14,18)(H,15,17). The first kappa shape index (κ1) is 14.3. The molecule has 0 saturated carbocycles. The molecule has 19 heavy (non-hydrogen) atoms. The molecule has 1 aliphatic carbocycles. The SMILES string of the molecule is CCN(NC(=O)c1csc2c1CCC(C)C2)C(N)=S. The van der Waals surface area contributed by atoms with Gasteiger partial charge in [-0.25, -0.2) is 0 Å². The van der Waals surface area contributed by atoms with Crippen LogP contribution in [0.15, 0.2) is 5.38 Å². The Morgan fingerprint density at radius 3 is 3.05 bits per heavy atom. The lowest BCUT2D eigenvalue weighted by Gasteiger charge is -2.22. The average molecular weight is 297 g/mol. The summed E-state index contributed by atoms with van der Waals surface area (Å²) in [6, 6.07) is 0. The van der Waals surface area contributed by atoms with Gasteiger partial charge in [0.05, 0.1) is 5.56 Å². The molecule has 1 heterocycles. The van der Waals surface area contributed by atoms with Crippen LogP contribution in [0.4, 0.5) is 0 Å². The summed E-state index contributed by atoms with van der Waals surface area (Å²) in [4.78, 5) is 13.6. The number of nitrogens with one attached hydrogen (secondary N) is 1. The van der Waals surface area contributed by atoms with Crippen molar-refractivity contribution in [1.82, 2.24) is 10.4 Å². The van der Waals surface area contributed by atoms with Crippen molar-refractivity contribution in [2.24, 2.45) is 11.7 Å². The molecule has 0 radical (unpaired) electrons. The van der Waals surface area contributed by atoms with Gasteiger partial charge in [-0.2, -0.15) is 0 Å². The smallest absolute Gasteiger partial charge is 0.270 e. The molecule has 2 rings (SSSR count). The van der Waals surface area contributed by atoms with Gasteiger partial charge in [-0.05, 0) is 49.9 Å². The molecule has 0 aromatic carbocycles. The molecular weight excluding hydrogens is 278 g/mol. The van der Waals surface area contributed by atoms with Gasteiger partial charge in [-0.1, -0.05) is 6.92 Å². The second kappa shape index (κ2) is 5.88. The van der Waals surface area contributed by atoms with E-state index in [9.17, 15) is 4.79 Å². The Labute approximate surface area is 122 Å². The summed E-state index contributed by atoms with van der Waals surface area (Å²) in [5, 5.41) is 3.63. The van der Waals surface area contributed by atoms with Crippen molar-refractivity contribution < 1.29 is 4.79 Å². The number of nitrogens with two attached hydrogens (primary N) is 1. The molecule has 1 amide bonds. The van der Waals surface area contributed by atoms with Crippen LogP contribution in [0.1, 0.15) is 41.1 Å². The molecule has 1 atom stereocenters. The number of hydrogen-bond acceptors (Lipinski definition) is 3. The van der Waals surface area contributed by atoms with Gasteiger partial charge in [0.25, 0.3) is 5.91 Å². The third-order valence-corrected chi connectivity index (χ3v) is 4.74. The highest BCUT2D eigenvalue weighted by Crippen LogP contribution is 2.32. The number of hydrogen-bond donors (Lipinski definition) is 2. The van der Waals surface area contributed by atoms with Crippen molar-refractivity contribution in [3.63, 3.8) is 0 Å². The van der Waals surface area contributed by atoms with E-state index in [1.54, 1.807) is 11.3 Å². The second-order valence-corrected chi connectivity index (χ2v) is 6.30. The van der Waals surface area contributed by atoms with Crippen LogP contribution in [0, 0.1) is 5.92 Å². The number of thiocarbonyl (C=S) groups is 1. The lowest BCUT2D eigenvalue weighted by atomic mass is 9.88. The molecule has 0 saturated heterocycles. The van der Waals surface area contributed by atoms with Crippen molar-refractivity contribution in [3.05, 3.63) is 21.4 Å². The van der Waals surface area contributed by atoms with Gasteiger partial charge in [0, 0.05) is 16.8 Å². The maximum absolute atomic E-state index is 12.3. The van der Waals surface area contributed by atoms with Gasteiger partial charge < -0.3 is 5.73 Å². The Hall–Kier alpha value is -1.14. The number of thiophene rings is 1. The van der Waals surface area contributed by atoms with Gasteiger partial charge in [0.15, 0.2) is 5.11 Å². The highest BCUT2D eigenvalue weighted by Gasteiger charge is 2.23. The lowest BCUT2D eigenvalue weighted by Crippen LogP contribution is -2.48. The topological polar surface area (TPSA) is 58.4 Å². The zero-order valence-corrected chi connectivity index (χ0v) is 12.9. The fourth-order valence-corrected chi connectivity index (χ4v) is 3.76. The van der Waals surface area contributed by atoms with Crippen molar-refractivity contribution in [2.75, 3.05) is 6.54 Å². The molecule has 104 valence electrons. The Morgan fingerprint density at radius 1 is 1.68 bits per heavy atom. The van der Waals surface area contributed by atoms with Gasteiger partial charge in [-0.15, -0.1) is 11.3 Å². The number of fused-ring (bicyclic) bond motifs is 1. The number of nitrogens with zero attached hydrogens (tertiary/aromatic N) is 1. The van der Waals surface area contributed by atoms with Crippen molar-refractivity contribution in [3.8, 4) is 0 Å². The van der Waals surface area contributed by atoms with E-state index in [-0.39, 0.29) is 11.0 Å². The maximum Gasteiger partial charge on any atom is 0.270 e. The van der Waals surface area contributed by atoms with E-state index < -0.39 is 0 Å². The normalized spacial score (nSPS) is 17.7. The molecule has 1 unspecified atom stereocenters. The summed E-state index contributed by atoms with van der Waals surface area (Å²) in [6.07, 6.45) is 3.22. The average Bonchev–Trinajstić information content (AvgIpc) is 2.78. The Morgan fingerprint density at radius 2 is 2.42 bits per heavy atom. The zero-order chi connectivity index (χ0) is 14.0. The minimum Gasteiger partial charge on any atom is -0.375 e. The highest BCUT2D eigenvalue weighted by atomic mass is 32.1. The molecule has 6 heteroatoms. The van der Waals surface area contributed by atoms with E-state index in [1.165, 1.54) is 15.4 Å². The molecule has 0 aliphatic heterocycles. The van der Waals surface area contributed by atoms with Crippen molar-refractivity contribution in [2.45, 2.75) is 33.1 Å². The number of carbonyl (C=O) groups is 1. The van der Waals surface area contributed by atoms with Crippen LogP contribution in [-0.4, -0.2) is 22.6 Å². The first-order valence-corrected chi connectivity index (χ1v) is 7.78. The van der Waals surface area contributed by atoms with E-state index in [4.69, 9.17) is 18.0 Å². The maximum atomic E-state index is 12.3. The summed E-state index contributed by atoms with van der Waals surface area (Å²) < 4.78 is 0. The Bertz CT molecular complexity index is 498. The number of amides is 1. The first-order chi connectivity index (χ1) is 9.02. The molecule has 1 aromatic heterocycles. The van der Waals surface area contributed by atoms with E-state index in [0.717, 1.165) is 24.8 Å². The number of rotatable bonds is 2. The summed E-state index contributed by atoms with van der Waals surface area (Å²) in [5.74, 6) is 0.604. The molecular formula is C13H19N3OS2. The van der Waals surface area contributed by atoms with E-state index in [0.29, 0.717) is 12.5 Å². The molecule has 1 aliphatic rings. The van der Waals surface area contributed by atoms with E-state index in [1.807, 2.05) is 12.3 Å². The number of hydrazine groups is 1.